The summed E-state index contributed by atoms with van der Waals surface area (Å²) in [6.07, 6.45) is 8.10. The van der Waals surface area contributed by atoms with Crippen LogP contribution in [-0.2, 0) is 0 Å². The molecule has 2 heterocycles. The molecule has 0 bridgehead atoms. The topological polar surface area (TPSA) is 52.8 Å². The van der Waals surface area contributed by atoms with Gasteiger partial charge in [-0.15, -0.1) is 11.3 Å². The number of nitrogens with zero attached hydrogens (tertiary/aromatic N) is 2. The van der Waals surface area contributed by atoms with E-state index >= 15 is 0 Å². The van der Waals surface area contributed by atoms with E-state index in [1.54, 1.807) is 11.5 Å². The van der Waals surface area contributed by atoms with Gasteiger partial charge in [0.25, 0.3) is 5.56 Å². The minimum atomic E-state index is -0.0413. The van der Waals surface area contributed by atoms with Crippen LogP contribution in [0.4, 0.5) is 0 Å². The second-order valence-electron chi connectivity index (χ2n) is 6.58. The maximum atomic E-state index is 12.6. The van der Waals surface area contributed by atoms with Crippen molar-refractivity contribution in [3.8, 4) is 11.5 Å². The number of methoxy groups -OCH3 is 1. The van der Waals surface area contributed by atoms with Gasteiger partial charge in [-0.25, -0.2) is 4.98 Å². The molecular formula is C20H19IN2O3S. The van der Waals surface area contributed by atoms with E-state index in [0.717, 1.165) is 16.2 Å². The second-order valence-corrected chi connectivity index (χ2v) is 8.87. The maximum absolute atomic E-state index is 12.6. The molecule has 3 aromatic rings. The number of hydrogen-bond donors (Lipinski definition) is 0. The van der Waals surface area contributed by atoms with Gasteiger partial charge in [-0.2, -0.15) is 0 Å². The Balaban J connectivity index is 1.71. The lowest BCUT2D eigenvalue weighted by molar-refractivity contribution is 0.280. The lowest BCUT2D eigenvalue weighted by Crippen LogP contribution is -2.17. The van der Waals surface area contributed by atoms with Gasteiger partial charge in [-0.3, -0.25) is 9.20 Å². The molecule has 0 radical (unpaired) electrons. The molecule has 140 valence electrons. The maximum Gasteiger partial charge on any atom is 0.272 e. The summed E-state index contributed by atoms with van der Waals surface area (Å²) in [6, 6.07) is 5.81. The zero-order valence-corrected chi connectivity index (χ0v) is 18.0. The highest BCUT2D eigenvalue weighted by Crippen LogP contribution is 2.36. The summed E-state index contributed by atoms with van der Waals surface area (Å²) in [5, 5.41) is 0. The van der Waals surface area contributed by atoms with Gasteiger partial charge >= 0.3 is 0 Å². The fourth-order valence-electron chi connectivity index (χ4n) is 2.79. The molecule has 27 heavy (non-hydrogen) atoms. The minimum Gasteiger partial charge on any atom is -0.493 e. The predicted molar refractivity (Wildman–Crippen MR) is 117 cm³/mol. The number of fused-ring (bicyclic) bond motifs is 1. The molecule has 7 heteroatoms. The quantitative estimate of drug-likeness (QED) is 0.469. The summed E-state index contributed by atoms with van der Waals surface area (Å²) < 4.78 is 13.7. The third-order valence-corrected chi connectivity index (χ3v) is 6.34. The third kappa shape index (κ3) is 3.89. The molecular weight excluding hydrogens is 475 g/mol. The van der Waals surface area contributed by atoms with E-state index < -0.39 is 0 Å². The summed E-state index contributed by atoms with van der Waals surface area (Å²) in [5.41, 5.74) is 1.54. The van der Waals surface area contributed by atoms with Crippen LogP contribution >= 0.6 is 33.9 Å². The number of thiazole rings is 1. The summed E-state index contributed by atoms with van der Waals surface area (Å²) in [5.74, 6) is 2.10. The molecule has 4 rings (SSSR count). The van der Waals surface area contributed by atoms with Crippen LogP contribution in [0.25, 0.3) is 17.1 Å². The monoisotopic (exact) mass is 494 g/mol. The van der Waals surface area contributed by atoms with Crippen LogP contribution in [0.1, 0.15) is 29.0 Å². The van der Waals surface area contributed by atoms with Crippen molar-refractivity contribution in [2.75, 3.05) is 13.7 Å². The molecule has 1 saturated carbocycles. The number of hydrogen-bond acceptors (Lipinski definition) is 5. The van der Waals surface area contributed by atoms with Gasteiger partial charge < -0.3 is 9.47 Å². The molecule has 0 aliphatic heterocycles. The van der Waals surface area contributed by atoms with E-state index in [9.17, 15) is 4.79 Å². The Morgan fingerprint density at radius 2 is 2.19 bits per heavy atom. The Morgan fingerprint density at radius 1 is 1.37 bits per heavy atom. The summed E-state index contributed by atoms with van der Waals surface area (Å²) in [6.45, 7) is 2.68. The Labute approximate surface area is 174 Å². The highest BCUT2D eigenvalue weighted by molar-refractivity contribution is 14.1. The second kappa shape index (κ2) is 7.63. The van der Waals surface area contributed by atoms with Crippen molar-refractivity contribution in [3.63, 3.8) is 0 Å². The van der Waals surface area contributed by atoms with Crippen molar-refractivity contribution in [1.82, 2.24) is 9.38 Å². The molecule has 1 aromatic carbocycles. The molecule has 1 aliphatic rings. The van der Waals surface area contributed by atoms with Gasteiger partial charge in [0.2, 0.25) is 0 Å². The number of ether oxygens (including phenoxy) is 2. The van der Waals surface area contributed by atoms with Crippen molar-refractivity contribution in [1.29, 1.82) is 0 Å². The summed E-state index contributed by atoms with van der Waals surface area (Å²) >= 11 is 3.57. The number of benzene rings is 1. The molecule has 0 atom stereocenters. The van der Waals surface area contributed by atoms with Crippen LogP contribution in [0, 0.1) is 16.4 Å². The standard InChI is InChI=1S/C20H19IN2O3S/c1-12-10-23-19(24)17(21)15(22-20(23)27-12)9-8-14-4-3-5-16(25-2)18(14)26-11-13-6-7-13/h3-5,8-10,13H,6-7,11H2,1-2H3/b9-8+. The Kier molecular flexibility index (Phi) is 5.23. The van der Waals surface area contributed by atoms with Crippen molar-refractivity contribution in [2.45, 2.75) is 19.8 Å². The number of rotatable bonds is 6. The van der Waals surface area contributed by atoms with Gasteiger partial charge in [-0.1, -0.05) is 12.1 Å². The molecule has 1 fully saturated rings. The first-order chi connectivity index (χ1) is 13.1. The van der Waals surface area contributed by atoms with Crippen LogP contribution < -0.4 is 15.0 Å². The van der Waals surface area contributed by atoms with Gasteiger partial charge in [0.15, 0.2) is 16.5 Å². The highest BCUT2D eigenvalue weighted by Gasteiger charge is 2.23. The smallest absolute Gasteiger partial charge is 0.272 e. The first kappa shape index (κ1) is 18.5. The molecule has 0 amide bonds. The first-order valence-electron chi connectivity index (χ1n) is 8.73. The summed E-state index contributed by atoms with van der Waals surface area (Å²) in [4.78, 5) is 19.0. The third-order valence-electron chi connectivity index (χ3n) is 4.43. The predicted octanol–water partition coefficient (Wildman–Crippen LogP) is 4.64. The first-order valence-corrected chi connectivity index (χ1v) is 10.6. The lowest BCUT2D eigenvalue weighted by atomic mass is 10.1. The molecule has 0 unspecified atom stereocenters. The molecule has 2 aromatic heterocycles. The minimum absolute atomic E-state index is 0.0413. The van der Waals surface area contributed by atoms with E-state index in [1.807, 2.05) is 43.5 Å². The van der Waals surface area contributed by atoms with Crippen molar-refractivity contribution < 1.29 is 9.47 Å². The zero-order valence-electron chi connectivity index (χ0n) is 15.1. The number of aromatic nitrogens is 2. The van der Waals surface area contributed by atoms with Crippen LogP contribution in [-0.4, -0.2) is 23.1 Å². The van der Waals surface area contributed by atoms with Crippen LogP contribution in [0.3, 0.4) is 0 Å². The van der Waals surface area contributed by atoms with Gasteiger partial charge in [0, 0.05) is 16.6 Å². The van der Waals surface area contributed by atoms with E-state index in [-0.39, 0.29) is 5.56 Å². The Bertz CT molecular complexity index is 1080. The van der Waals surface area contributed by atoms with Crippen LogP contribution in [0.2, 0.25) is 0 Å². The van der Waals surface area contributed by atoms with Gasteiger partial charge in [-0.05, 0) is 66.5 Å². The van der Waals surface area contributed by atoms with Crippen molar-refractivity contribution in [2.24, 2.45) is 5.92 Å². The van der Waals surface area contributed by atoms with Crippen molar-refractivity contribution in [3.05, 3.63) is 54.5 Å². The molecule has 1 aliphatic carbocycles. The number of halogens is 1. The van der Waals surface area contributed by atoms with E-state index in [1.165, 1.54) is 24.2 Å². The lowest BCUT2D eigenvalue weighted by Gasteiger charge is -2.13. The average molecular weight is 494 g/mol. The fraction of sp³-hybridized carbons (Fsp3) is 0.300. The molecule has 0 saturated heterocycles. The SMILES string of the molecule is COc1cccc(/C=C/c2nc3sc(C)cn3c(=O)c2I)c1OCC1CC1. The Hall–Kier alpha value is -1.87. The van der Waals surface area contributed by atoms with Gasteiger partial charge in [0.05, 0.1) is 19.4 Å². The van der Waals surface area contributed by atoms with E-state index in [2.05, 4.69) is 27.6 Å². The van der Waals surface area contributed by atoms with E-state index in [0.29, 0.717) is 32.5 Å². The van der Waals surface area contributed by atoms with Crippen LogP contribution in [0.5, 0.6) is 11.5 Å². The van der Waals surface area contributed by atoms with Crippen molar-refractivity contribution >= 4 is 51.0 Å². The zero-order chi connectivity index (χ0) is 19.0. The average Bonchev–Trinajstić information content (AvgIpc) is 3.42. The number of aryl methyl sites for hydroxylation is 1. The normalized spacial score (nSPS) is 14.2. The molecule has 5 nitrogen and oxygen atoms in total. The highest BCUT2D eigenvalue weighted by atomic mass is 127. The fourth-order valence-corrected chi connectivity index (χ4v) is 4.17. The van der Waals surface area contributed by atoms with Gasteiger partial charge in [0.1, 0.15) is 3.57 Å². The van der Waals surface area contributed by atoms with Crippen LogP contribution in [0.15, 0.2) is 29.2 Å². The Morgan fingerprint density at radius 3 is 2.93 bits per heavy atom. The molecule has 0 N–H and O–H groups in total. The largest absolute Gasteiger partial charge is 0.493 e. The number of para-hydroxylation sites is 1. The van der Waals surface area contributed by atoms with E-state index in [4.69, 9.17) is 9.47 Å². The molecule has 0 spiro atoms. The summed E-state index contributed by atoms with van der Waals surface area (Å²) in [7, 11) is 1.64.